The minimum atomic E-state index is -3.66. The lowest BCUT2D eigenvalue weighted by Gasteiger charge is -2.13. The number of nitrogens with one attached hydrogen (secondary N) is 2. The molecule has 0 heterocycles. The number of anilines is 1. The van der Waals surface area contributed by atoms with Crippen molar-refractivity contribution in [2.24, 2.45) is 0 Å². The van der Waals surface area contributed by atoms with E-state index in [2.05, 4.69) is 17.0 Å². The first-order chi connectivity index (χ1) is 12.4. The van der Waals surface area contributed by atoms with E-state index in [9.17, 15) is 13.2 Å². The Labute approximate surface area is 159 Å². The van der Waals surface area contributed by atoms with Gasteiger partial charge in [0.15, 0.2) is 0 Å². The van der Waals surface area contributed by atoms with E-state index >= 15 is 0 Å². The molecule has 0 spiro atoms. The van der Waals surface area contributed by atoms with Gasteiger partial charge in [-0.3, -0.25) is 9.52 Å². The number of amides is 1. The van der Waals surface area contributed by atoms with Gasteiger partial charge in [0.2, 0.25) is 0 Å². The Kier molecular flexibility index (Phi) is 7.11. The molecule has 140 valence electrons. The molecule has 0 aliphatic carbocycles. The topological polar surface area (TPSA) is 75.3 Å². The monoisotopic (exact) mass is 392 g/mol. The molecular weight excluding hydrogens is 368 g/mol. The first-order valence-electron chi connectivity index (χ1n) is 8.43. The summed E-state index contributed by atoms with van der Waals surface area (Å²) in [4.78, 5) is 13.4. The van der Waals surface area contributed by atoms with E-state index in [0.29, 0.717) is 11.3 Å². The van der Waals surface area contributed by atoms with Gasteiger partial charge in [-0.1, -0.05) is 13.3 Å². The first kappa shape index (κ1) is 20.3. The zero-order chi connectivity index (χ0) is 19.2. The fraction of sp³-hybridized carbons (Fsp3) is 0.316. The summed E-state index contributed by atoms with van der Waals surface area (Å²) < 4.78 is 27.4. The highest BCUT2D eigenvalue weighted by Gasteiger charge is 2.15. The van der Waals surface area contributed by atoms with Crippen LogP contribution in [0.2, 0.25) is 0 Å². The third kappa shape index (κ3) is 5.51. The number of sulfonamides is 1. The third-order valence-corrected chi connectivity index (χ3v) is 6.01. The Bertz CT molecular complexity index is 832. The van der Waals surface area contributed by atoms with Crippen LogP contribution in [-0.2, 0) is 10.0 Å². The average Bonchev–Trinajstić information content (AvgIpc) is 2.62. The molecule has 0 aliphatic rings. The summed E-state index contributed by atoms with van der Waals surface area (Å²) in [7, 11) is -3.66. The lowest BCUT2D eigenvalue weighted by Crippen LogP contribution is -2.32. The Morgan fingerprint density at radius 3 is 2.23 bits per heavy atom. The summed E-state index contributed by atoms with van der Waals surface area (Å²) in [5.41, 5.74) is 0.914. The van der Waals surface area contributed by atoms with Crippen molar-refractivity contribution < 1.29 is 13.2 Å². The Morgan fingerprint density at radius 2 is 1.69 bits per heavy atom. The minimum Gasteiger partial charge on any atom is -0.350 e. The number of hydrogen-bond acceptors (Lipinski definition) is 4. The standard InChI is InChI=1S/C19H24N2O3S2/c1-4-5-14(2)20-19(22)15-6-8-16(9-7-15)21-26(23,24)18-12-10-17(25-3)11-13-18/h6-14,21H,4-5H2,1-3H3,(H,20,22)/t14-/m1/s1. The highest BCUT2D eigenvalue weighted by Crippen LogP contribution is 2.20. The minimum absolute atomic E-state index is 0.106. The normalized spacial score (nSPS) is 12.4. The molecule has 2 aromatic carbocycles. The van der Waals surface area contributed by atoms with Gasteiger partial charge in [-0.15, -0.1) is 11.8 Å². The van der Waals surface area contributed by atoms with Gasteiger partial charge in [-0.2, -0.15) is 0 Å². The molecule has 26 heavy (non-hydrogen) atoms. The van der Waals surface area contributed by atoms with Crippen LogP contribution >= 0.6 is 11.8 Å². The SMILES string of the molecule is CCC[C@@H](C)NC(=O)c1ccc(NS(=O)(=O)c2ccc(SC)cc2)cc1. The molecule has 0 fully saturated rings. The average molecular weight is 393 g/mol. The molecule has 0 bridgehead atoms. The number of carbonyl (C=O) groups is 1. The van der Waals surface area contributed by atoms with Crippen LogP contribution in [0.1, 0.15) is 37.0 Å². The maximum absolute atomic E-state index is 12.4. The van der Waals surface area contributed by atoms with Crippen LogP contribution in [0.4, 0.5) is 5.69 Å². The molecule has 0 saturated heterocycles. The van der Waals surface area contributed by atoms with E-state index in [1.54, 1.807) is 60.3 Å². The summed E-state index contributed by atoms with van der Waals surface area (Å²) in [6, 6.07) is 13.2. The van der Waals surface area contributed by atoms with Crippen LogP contribution < -0.4 is 10.0 Å². The Morgan fingerprint density at radius 1 is 1.08 bits per heavy atom. The molecule has 1 atom stereocenters. The molecule has 1 amide bonds. The second-order valence-corrected chi connectivity index (χ2v) is 8.58. The molecule has 0 unspecified atom stereocenters. The van der Waals surface area contributed by atoms with Gasteiger partial charge in [0, 0.05) is 22.2 Å². The number of hydrogen-bond donors (Lipinski definition) is 2. The summed E-state index contributed by atoms with van der Waals surface area (Å²) >= 11 is 1.55. The highest BCUT2D eigenvalue weighted by atomic mass is 32.2. The van der Waals surface area contributed by atoms with Crippen molar-refractivity contribution in [3.8, 4) is 0 Å². The van der Waals surface area contributed by atoms with Gasteiger partial charge >= 0.3 is 0 Å². The quantitative estimate of drug-likeness (QED) is 0.663. The molecule has 7 heteroatoms. The fourth-order valence-electron chi connectivity index (χ4n) is 2.47. The molecule has 0 saturated carbocycles. The molecule has 5 nitrogen and oxygen atoms in total. The van der Waals surface area contributed by atoms with Gasteiger partial charge in [0.25, 0.3) is 15.9 Å². The molecule has 0 radical (unpaired) electrons. The smallest absolute Gasteiger partial charge is 0.261 e. The van der Waals surface area contributed by atoms with Crippen LogP contribution in [-0.4, -0.2) is 26.6 Å². The second kappa shape index (κ2) is 9.09. The first-order valence-corrected chi connectivity index (χ1v) is 11.1. The molecule has 2 rings (SSSR count). The zero-order valence-electron chi connectivity index (χ0n) is 15.2. The van der Waals surface area contributed by atoms with E-state index in [4.69, 9.17) is 0 Å². The molecule has 2 N–H and O–H groups in total. The molecule has 2 aromatic rings. The van der Waals surface area contributed by atoms with Gasteiger partial charge in [0.1, 0.15) is 0 Å². The van der Waals surface area contributed by atoms with Crippen molar-refractivity contribution in [1.82, 2.24) is 5.32 Å². The van der Waals surface area contributed by atoms with Gasteiger partial charge < -0.3 is 5.32 Å². The zero-order valence-corrected chi connectivity index (χ0v) is 16.8. The number of benzene rings is 2. The Hall–Kier alpha value is -1.99. The van der Waals surface area contributed by atoms with Crippen LogP contribution in [0, 0.1) is 0 Å². The van der Waals surface area contributed by atoms with Crippen molar-refractivity contribution >= 4 is 33.4 Å². The predicted octanol–water partition coefficient (Wildman–Crippen LogP) is 4.13. The van der Waals surface area contributed by atoms with E-state index < -0.39 is 10.0 Å². The van der Waals surface area contributed by atoms with Crippen LogP contribution in [0.3, 0.4) is 0 Å². The van der Waals surface area contributed by atoms with Crippen molar-refractivity contribution in [3.63, 3.8) is 0 Å². The van der Waals surface area contributed by atoms with Crippen LogP contribution in [0.15, 0.2) is 58.3 Å². The highest BCUT2D eigenvalue weighted by molar-refractivity contribution is 7.98. The van der Waals surface area contributed by atoms with Gasteiger partial charge in [0.05, 0.1) is 4.90 Å². The molecular formula is C19H24N2O3S2. The van der Waals surface area contributed by atoms with E-state index in [0.717, 1.165) is 17.7 Å². The van der Waals surface area contributed by atoms with Gasteiger partial charge in [-0.25, -0.2) is 8.42 Å². The maximum atomic E-state index is 12.4. The second-order valence-electron chi connectivity index (χ2n) is 6.02. The van der Waals surface area contributed by atoms with Crippen molar-refractivity contribution in [1.29, 1.82) is 0 Å². The summed E-state index contributed by atoms with van der Waals surface area (Å²) in [5.74, 6) is -0.159. The number of thioether (sulfide) groups is 1. The van der Waals surface area contributed by atoms with Crippen LogP contribution in [0.5, 0.6) is 0 Å². The largest absolute Gasteiger partial charge is 0.350 e. The van der Waals surface area contributed by atoms with Crippen molar-refractivity contribution in [3.05, 3.63) is 54.1 Å². The lowest BCUT2D eigenvalue weighted by molar-refractivity contribution is 0.0938. The van der Waals surface area contributed by atoms with Crippen molar-refractivity contribution in [2.45, 2.75) is 42.5 Å². The Balaban J connectivity index is 2.06. The van der Waals surface area contributed by atoms with E-state index in [-0.39, 0.29) is 16.8 Å². The molecule has 0 aromatic heterocycles. The van der Waals surface area contributed by atoms with Crippen molar-refractivity contribution in [2.75, 3.05) is 11.0 Å². The summed E-state index contributed by atoms with van der Waals surface area (Å²) in [5, 5.41) is 2.92. The number of rotatable bonds is 8. The van der Waals surface area contributed by atoms with E-state index in [1.165, 1.54) is 0 Å². The van der Waals surface area contributed by atoms with E-state index in [1.807, 2.05) is 13.2 Å². The number of carbonyl (C=O) groups excluding carboxylic acids is 1. The molecule has 0 aliphatic heterocycles. The fourth-order valence-corrected chi connectivity index (χ4v) is 3.94. The maximum Gasteiger partial charge on any atom is 0.261 e. The van der Waals surface area contributed by atoms with Gasteiger partial charge in [-0.05, 0) is 68.1 Å². The summed E-state index contributed by atoms with van der Waals surface area (Å²) in [6.45, 7) is 4.03. The van der Waals surface area contributed by atoms with Crippen LogP contribution in [0.25, 0.3) is 0 Å². The third-order valence-electron chi connectivity index (χ3n) is 3.87. The summed E-state index contributed by atoms with van der Waals surface area (Å²) in [6.07, 6.45) is 3.85. The lowest BCUT2D eigenvalue weighted by atomic mass is 10.1. The predicted molar refractivity (Wildman–Crippen MR) is 107 cm³/mol.